The van der Waals surface area contributed by atoms with Crippen LogP contribution in [0.2, 0.25) is 0 Å². The number of aryl methyl sites for hydroxylation is 1. The minimum absolute atomic E-state index is 0.213. The first-order chi connectivity index (χ1) is 13.0. The van der Waals surface area contributed by atoms with E-state index < -0.39 is 12.5 Å². The lowest BCUT2D eigenvalue weighted by Gasteiger charge is -2.18. The fourth-order valence-electron chi connectivity index (χ4n) is 2.89. The number of hydrogen-bond donors (Lipinski definition) is 1. The van der Waals surface area contributed by atoms with Crippen molar-refractivity contribution in [1.82, 2.24) is 24.7 Å². The van der Waals surface area contributed by atoms with Gasteiger partial charge in [-0.05, 0) is 19.5 Å². The third-order valence-corrected chi connectivity index (χ3v) is 4.10. The number of halogens is 2. The van der Waals surface area contributed by atoms with Crippen molar-refractivity contribution >= 4 is 5.65 Å². The summed E-state index contributed by atoms with van der Waals surface area (Å²) in [5.41, 5.74) is 2.63. The topological polar surface area (TPSA) is 73.6 Å². The summed E-state index contributed by atoms with van der Waals surface area (Å²) >= 11 is 0. The molecule has 0 aromatic carbocycles. The van der Waals surface area contributed by atoms with Crippen molar-refractivity contribution in [3.63, 3.8) is 0 Å². The molecule has 0 radical (unpaired) electrons. The second kappa shape index (κ2) is 7.83. The van der Waals surface area contributed by atoms with Crippen LogP contribution in [0.15, 0.2) is 24.7 Å². The highest BCUT2D eigenvalue weighted by Gasteiger charge is 2.25. The first kappa shape index (κ1) is 19.0. The van der Waals surface area contributed by atoms with Crippen molar-refractivity contribution in [2.24, 2.45) is 0 Å². The minimum atomic E-state index is -2.60. The largest absolute Gasteiger partial charge is 0.494 e. The van der Waals surface area contributed by atoms with Gasteiger partial charge in [-0.15, -0.1) is 0 Å². The molecule has 0 aliphatic rings. The van der Waals surface area contributed by atoms with Gasteiger partial charge in [0.2, 0.25) is 5.65 Å². The Balaban J connectivity index is 2.17. The fraction of sp³-hybridized carbons (Fsp3) is 0.389. The molecule has 0 aliphatic heterocycles. The summed E-state index contributed by atoms with van der Waals surface area (Å²) in [6.45, 7) is 4.02. The number of pyridine rings is 1. The van der Waals surface area contributed by atoms with Gasteiger partial charge >= 0.3 is 0 Å². The average molecular weight is 377 g/mol. The van der Waals surface area contributed by atoms with E-state index in [-0.39, 0.29) is 5.69 Å². The van der Waals surface area contributed by atoms with Crippen LogP contribution in [-0.4, -0.2) is 46.5 Å². The molecular weight excluding hydrogens is 356 g/mol. The van der Waals surface area contributed by atoms with Gasteiger partial charge < -0.3 is 19.2 Å². The molecule has 3 aromatic heterocycles. The maximum Gasteiger partial charge on any atom is 0.259 e. The Bertz CT molecular complexity index is 945. The molecule has 0 fully saturated rings. The lowest BCUT2D eigenvalue weighted by Crippen LogP contribution is -2.28. The molecule has 9 heteroatoms. The van der Waals surface area contributed by atoms with Crippen molar-refractivity contribution < 1.29 is 18.3 Å². The van der Waals surface area contributed by atoms with Crippen LogP contribution in [0.4, 0.5) is 8.78 Å². The first-order valence-corrected chi connectivity index (χ1v) is 8.44. The zero-order valence-corrected chi connectivity index (χ0v) is 15.5. The quantitative estimate of drug-likeness (QED) is 0.682. The summed E-state index contributed by atoms with van der Waals surface area (Å²) in [4.78, 5) is 13.0. The SMILES string of the molecule is CCNC(c1cc(-c2cn3cc(C)nc3c(OC)n2)c(OC)cn1)C(F)F. The van der Waals surface area contributed by atoms with Crippen LogP contribution in [-0.2, 0) is 0 Å². The standard InChI is InChI=1S/C18H21F2N5O2/c1-5-21-15(16(19)20)12-6-11(14(26-3)7-22-12)13-9-25-8-10(2)23-17(25)18(24-13)27-4/h6-9,15-16,21H,5H2,1-4H3. The zero-order chi connectivity index (χ0) is 19.6. The summed E-state index contributed by atoms with van der Waals surface area (Å²) in [6, 6.07) is 0.385. The van der Waals surface area contributed by atoms with Gasteiger partial charge in [-0.3, -0.25) is 4.98 Å². The van der Waals surface area contributed by atoms with E-state index in [4.69, 9.17) is 9.47 Å². The van der Waals surface area contributed by atoms with E-state index in [0.29, 0.717) is 35.1 Å². The molecule has 0 spiro atoms. The second-order valence-corrected chi connectivity index (χ2v) is 5.93. The third-order valence-electron chi connectivity index (χ3n) is 4.10. The molecule has 0 bridgehead atoms. The predicted octanol–water partition coefficient (Wildman–Crippen LogP) is 3.03. The van der Waals surface area contributed by atoms with E-state index in [1.54, 1.807) is 23.6 Å². The number of rotatable bonds is 7. The minimum Gasteiger partial charge on any atom is -0.494 e. The molecule has 7 nitrogen and oxygen atoms in total. The van der Waals surface area contributed by atoms with Gasteiger partial charge in [0.25, 0.3) is 12.3 Å². The number of nitrogens with one attached hydrogen (secondary N) is 1. The lowest BCUT2D eigenvalue weighted by molar-refractivity contribution is 0.0974. The summed E-state index contributed by atoms with van der Waals surface area (Å²) in [5, 5.41) is 2.76. The van der Waals surface area contributed by atoms with Gasteiger partial charge in [0.1, 0.15) is 11.8 Å². The van der Waals surface area contributed by atoms with Crippen molar-refractivity contribution in [3.05, 3.63) is 36.0 Å². The van der Waals surface area contributed by atoms with Crippen LogP contribution < -0.4 is 14.8 Å². The van der Waals surface area contributed by atoms with E-state index in [9.17, 15) is 8.78 Å². The van der Waals surface area contributed by atoms with Gasteiger partial charge in [0.15, 0.2) is 0 Å². The predicted molar refractivity (Wildman–Crippen MR) is 96.5 cm³/mol. The van der Waals surface area contributed by atoms with Crippen LogP contribution >= 0.6 is 0 Å². The van der Waals surface area contributed by atoms with Crippen molar-refractivity contribution in [1.29, 1.82) is 0 Å². The van der Waals surface area contributed by atoms with E-state index in [1.807, 2.05) is 13.1 Å². The number of fused-ring (bicyclic) bond motifs is 1. The van der Waals surface area contributed by atoms with E-state index in [0.717, 1.165) is 5.69 Å². The third kappa shape index (κ3) is 3.68. The van der Waals surface area contributed by atoms with Crippen LogP contribution in [0.1, 0.15) is 24.4 Å². The molecule has 144 valence electrons. The highest BCUT2D eigenvalue weighted by molar-refractivity contribution is 5.69. The summed E-state index contributed by atoms with van der Waals surface area (Å²) < 4.78 is 39.4. The number of hydrogen-bond acceptors (Lipinski definition) is 6. The number of aromatic nitrogens is 4. The molecule has 0 saturated carbocycles. The van der Waals surface area contributed by atoms with Crippen LogP contribution in [0, 0.1) is 6.92 Å². The zero-order valence-electron chi connectivity index (χ0n) is 15.5. The highest BCUT2D eigenvalue weighted by Crippen LogP contribution is 2.33. The number of ether oxygens (including phenoxy) is 2. The van der Waals surface area contributed by atoms with Crippen molar-refractivity contribution in [3.8, 4) is 22.9 Å². The number of nitrogens with zero attached hydrogens (tertiary/aromatic N) is 4. The van der Waals surface area contributed by atoms with E-state index in [1.165, 1.54) is 20.4 Å². The molecule has 1 atom stereocenters. The number of methoxy groups -OCH3 is 2. The van der Waals surface area contributed by atoms with Crippen LogP contribution in [0.25, 0.3) is 16.9 Å². The van der Waals surface area contributed by atoms with Gasteiger partial charge in [-0.25, -0.2) is 18.7 Å². The molecule has 0 amide bonds. The van der Waals surface area contributed by atoms with Crippen LogP contribution in [0.3, 0.4) is 0 Å². The van der Waals surface area contributed by atoms with Crippen molar-refractivity contribution in [2.75, 3.05) is 20.8 Å². The Hall–Kier alpha value is -2.81. The second-order valence-electron chi connectivity index (χ2n) is 5.93. The Morgan fingerprint density at radius 3 is 2.59 bits per heavy atom. The molecule has 27 heavy (non-hydrogen) atoms. The molecule has 3 aromatic rings. The van der Waals surface area contributed by atoms with Gasteiger partial charge in [-0.2, -0.15) is 0 Å². The van der Waals surface area contributed by atoms with E-state index >= 15 is 0 Å². The molecule has 1 unspecified atom stereocenters. The first-order valence-electron chi connectivity index (χ1n) is 8.44. The summed E-state index contributed by atoms with van der Waals surface area (Å²) in [5.74, 6) is 0.757. The monoisotopic (exact) mass is 377 g/mol. The van der Waals surface area contributed by atoms with Crippen LogP contribution in [0.5, 0.6) is 11.6 Å². The fourth-order valence-corrected chi connectivity index (χ4v) is 2.89. The lowest BCUT2D eigenvalue weighted by atomic mass is 10.1. The van der Waals surface area contributed by atoms with Crippen molar-refractivity contribution in [2.45, 2.75) is 26.3 Å². The smallest absolute Gasteiger partial charge is 0.259 e. The molecule has 0 saturated heterocycles. The maximum atomic E-state index is 13.4. The molecular formula is C18H21F2N5O2. The van der Waals surface area contributed by atoms with Gasteiger partial charge in [0.05, 0.1) is 37.5 Å². The molecule has 1 N–H and O–H groups in total. The summed E-state index contributed by atoms with van der Waals surface area (Å²) in [6.07, 6.45) is 2.41. The van der Waals surface area contributed by atoms with Gasteiger partial charge in [0, 0.05) is 18.0 Å². The Labute approximate surface area is 155 Å². The van der Waals surface area contributed by atoms with Gasteiger partial charge in [-0.1, -0.05) is 6.92 Å². The molecule has 3 rings (SSSR count). The molecule has 3 heterocycles. The maximum absolute atomic E-state index is 13.4. The summed E-state index contributed by atoms with van der Waals surface area (Å²) in [7, 11) is 3.00. The highest BCUT2D eigenvalue weighted by atomic mass is 19.3. The average Bonchev–Trinajstić information content (AvgIpc) is 3.04. The number of alkyl halides is 2. The number of imidazole rings is 1. The Kier molecular flexibility index (Phi) is 5.50. The normalized spacial score (nSPS) is 12.6. The molecule has 0 aliphatic carbocycles. The Morgan fingerprint density at radius 1 is 1.19 bits per heavy atom. The Morgan fingerprint density at radius 2 is 1.96 bits per heavy atom. The van der Waals surface area contributed by atoms with E-state index in [2.05, 4.69) is 20.3 Å².